The van der Waals surface area contributed by atoms with Crippen LogP contribution in [0.25, 0.3) is 0 Å². The minimum absolute atomic E-state index is 0.291. The second-order valence-corrected chi connectivity index (χ2v) is 4.92. The van der Waals surface area contributed by atoms with Crippen LogP contribution in [0.15, 0.2) is 52.3 Å². The molecule has 0 unspecified atom stereocenters. The summed E-state index contributed by atoms with van der Waals surface area (Å²) in [6.45, 7) is 0. The zero-order chi connectivity index (χ0) is 13.8. The molecule has 0 radical (unpaired) electrons. The van der Waals surface area contributed by atoms with E-state index in [9.17, 15) is 9.18 Å². The van der Waals surface area contributed by atoms with Crippen molar-refractivity contribution < 1.29 is 13.9 Å². The van der Waals surface area contributed by atoms with E-state index in [1.165, 1.54) is 31.0 Å². The smallest absolute Gasteiger partial charge is 0.337 e. The number of benzene rings is 2. The van der Waals surface area contributed by atoms with Crippen LogP contribution in [0.3, 0.4) is 0 Å². The molecule has 0 atom stereocenters. The Bertz CT molecular complexity index is 599. The first-order chi connectivity index (χ1) is 9.10. The van der Waals surface area contributed by atoms with Crippen molar-refractivity contribution in [1.29, 1.82) is 0 Å². The average molecular weight is 277 g/mol. The van der Waals surface area contributed by atoms with Crippen LogP contribution in [0.4, 0.5) is 10.1 Å². The fraction of sp³-hybridized carbons (Fsp3) is 0.0714. The van der Waals surface area contributed by atoms with Crippen molar-refractivity contribution in [3.05, 3.63) is 53.8 Å². The zero-order valence-electron chi connectivity index (χ0n) is 10.2. The number of nitrogen functional groups attached to an aromatic ring is 1. The lowest BCUT2D eigenvalue weighted by atomic mass is 10.2. The lowest BCUT2D eigenvalue weighted by Crippen LogP contribution is -2.02. The molecule has 0 bridgehead atoms. The molecule has 0 saturated heterocycles. The number of rotatable bonds is 3. The molecule has 19 heavy (non-hydrogen) atoms. The number of nitrogens with two attached hydrogens (primary N) is 1. The van der Waals surface area contributed by atoms with E-state index in [4.69, 9.17) is 5.73 Å². The van der Waals surface area contributed by atoms with Crippen LogP contribution in [0.5, 0.6) is 0 Å². The predicted molar refractivity (Wildman–Crippen MR) is 72.7 cm³/mol. The molecule has 0 amide bonds. The zero-order valence-corrected chi connectivity index (χ0v) is 11.0. The van der Waals surface area contributed by atoms with E-state index in [1.807, 2.05) is 0 Å². The normalized spacial score (nSPS) is 10.2. The Kier molecular flexibility index (Phi) is 4.06. The van der Waals surface area contributed by atoms with E-state index in [0.29, 0.717) is 11.3 Å². The van der Waals surface area contributed by atoms with Crippen molar-refractivity contribution in [2.24, 2.45) is 0 Å². The van der Waals surface area contributed by atoms with Gasteiger partial charge in [-0.1, -0.05) is 11.8 Å². The Morgan fingerprint density at radius 2 is 1.89 bits per heavy atom. The summed E-state index contributed by atoms with van der Waals surface area (Å²) in [5.41, 5.74) is 6.85. The topological polar surface area (TPSA) is 52.3 Å². The van der Waals surface area contributed by atoms with E-state index < -0.39 is 5.97 Å². The maximum Gasteiger partial charge on any atom is 0.337 e. The number of carbonyl (C=O) groups excluding carboxylic acids is 1. The summed E-state index contributed by atoms with van der Waals surface area (Å²) in [5.74, 6) is -0.707. The molecule has 0 saturated carbocycles. The van der Waals surface area contributed by atoms with Crippen LogP contribution in [-0.2, 0) is 4.74 Å². The number of halogens is 1. The maximum atomic E-state index is 12.8. The number of carbonyl (C=O) groups is 1. The van der Waals surface area contributed by atoms with E-state index in [1.54, 1.807) is 30.3 Å². The van der Waals surface area contributed by atoms with Crippen LogP contribution >= 0.6 is 11.8 Å². The summed E-state index contributed by atoms with van der Waals surface area (Å²) in [4.78, 5) is 13.0. The van der Waals surface area contributed by atoms with Crippen molar-refractivity contribution in [2.45, 2.75) is 9.79 Å². The number of esters is 1. The average Bonchev–Trinajstić information content (AvgIpc) is 2.43. The molecular weight excluding hydrogens is 265 g/mol. The first-order valence-electron chi connectivity index (χ1n) is 5.51. The van der Waals surface area contributed by atoms with Gasteiger partial charge >= 0.3 is 5.97 Å². The van der Waals surface area contributed by atoms with Crippen molar-refractivity contribution in [3.63, 3.8) is 0 Å². The third-order valence-corrected chi connectivity index (χ3v) is 3.56. The highest BCUT2D eigenvalue weighted by atomic mass is 32.2. The molecule has 0 aromatic heterocycles. The van der Waals surface area contributed by atoms with Gasteiger partial charge in [-0.05, 0) is 42.5 Å². The Morgan fingerprint density at radius 3 is 2.53 bits per heavy atom. The van der Waals surface area contributed by atoms with Crippen molar-refractivity contribution >= 4 is 23.4 Å². The first-order valence-corrected chi connectivity index (χ1v) is 6.33. The van der Waals surface area contributed by atoms with Crippen LogP contribution in [-0.4, -0.2) is 13.1 Å². The largest absolute Gasteiger partial charge is 0.465 e. The van der Waals surface area contributed by atoms with Gasteiger partial charge in [-0.15, -0.1) is 0 Å². The monoisotopic (exact) mass is 277 g/mol. The number of hydrogen-bond acceptors (Lipinski definition) is 4. The molecule has 0 spiro atoms. The standard InChI is InChI=1S/C14H12FNO2S/c1-18-14(17)9-2-7-12(16)13(8-9)19-11-5-3-10(15)4-6-11/h2-8H,16H2,1H3. The number of ether oxygens (including phenoxy) is 1. The lowest BCUT2D eigenvalue weighted by Gasteiger charge is -2.07. The van der Waals surface area contributed by atoms with Gasteiger partial charge in [-0.2, -0.15) is 0 Å². The SMILES string of the molecule is COC(=O)c1ccc(N)c(Sc2ccc(F)cc2)c1. The second kappa shape index (κ2) is 5.75. The first kappa shape index (κ1) is 13.4. The van der Waals surface area contributed by atoms with Gasteiger partial charge in [0.15, 0.2) is 0 Å². The van der Waals surface area contributed by atoms with Crippen LogP contribution in [0.1, 0.15) is 10.4 Å². The summed E-state index contributed by atoms with van der Waals surface area (Å²) < 4.78 is 17.5. The van der Waals surface area contributed by atoms with Gasteiger partial charge in [0, 0.05) is 15.5 Å². The highest BCUT2D eigenvalue weighted by molar-refractivity contribution is 7.99. The minimum atomic E-state index is -0.416. The molecule has 0 aliphatic heterocycles. The van der Waals surface area contributed by atoms with Crippen molar-refractivity contribution in [3.8, 4) is 0 Å². The van der Waals surface area contributed by atoms with Gasteiger partial charge in [-0.25, -0.2) is 9.18 Å². The molecule has 2 aromatic rings. The van der Waals surface area contributed by atoms with Crippen LogP contribution < -0.4 is 5.73 Å². The molecule has 0 aliphatic carbocycles. The van der Waals surface area contributed by atoms with Crippen LogP contribution in [0.2, 0.25) is 0 Å². The number of methoxy groups -OCH3 is 1. The van der Waals surface area contributed by atoms with Crippen molar-refractivity contribution in [2.75, 3.05) is 12.8 Å². The fourth-order valence-electron chi connectivity index (χ4n) is 1.50. The minimum Gasteiger partial charge on any atom is -0.465 e. The molecule has 2 rings (SSSR count). The maximum absolute atomic E-state index is 12.8. The van der Waals surface area contributed by atoms with Gasteiger partial charge in [0.25, 0.3) is 0 Å². The Labute approximate surface area is 114 Å². The quantitative estimate of drug-likeness (QED) is 0.690. The van der Waals surface area contributed by atoms with E-state index >= 15 is 0 Å². The fourth-order valence-corrected chi connectivity index (χ4v) is 2.40. The number of hydrogen-bond donors (Lipinski definition) is 1. The molecule has 0 heterocycles. The van der Waals surface area contributed by atoms with Crippen molar-refractivity contribution in [1.82, 2.24) is 0 Å². The van der Waals surface area contributed by atoms with Gasteiger partial charge in [0.2, 0.25) is 0 Å². The molecule has 0 fully saturated rings. The molecule has 2 N–H and O–H groups in total. The summed E-state index contributed by atoms with van der Waals surface area (Å²) in [6, 6.07) is 11.0. The third-order valence-electron chi connectivity index (χ3n) is 2.48. The summed E-state index contributed by atoms with van der Waals surface area (Å²) >= 11 is 1.37. The van der Waals surface area contributed by atoms with E-state index in [-0.39, 0.29) is 5.82 Å². The highest BCUT2D eigenvalue weighted by Crippen LogP contribution is 2.32. The van der Waals surface area contributed by atoms with E-state index in [2.05, 4.69) is 4.74 Å². The third kappa shape index (κ3) is 3.26. The van der Waals surface area contributed by atoms with Gasteiger partial charge in [0.1, 0.15) is 5.82 Å². The number of anilines is 1. The Hall–Kier alpha value is -2.01. The van der Waals surface area contributed by atoms with Gasteiger partial charge in [-0.3, -0.25) is 0 Å². The lowest BCUT2D eigenvalue weighted by molar-refractivity contribution is 0.0600. The molecule has 98 valence electrons. The van der Waals surface area contributed by atoms with Gasteiger partial charge < -0.3 is 10.5 Å². The summed E-state index contributed by atoms with van der Waals surface area (Å²) in [6.07, 6.45) is 0. The molecule has 3 nitrogen and oxygen atoms in total. The predicted octanol–water partition coefficient (Wildman–Crippen LogP) is 3.35. The molecule has 0 aliphatic rings. The Morgan fingerprint density at radius 1 is 1.21 bits per heavy atom. The van der Waals surface area contributed by atoms with Crippen LogP contribution in [0, 0.1) is 5.82 Å². The van der Waals surface area contributed by atoms with Gasteiger partial charge in [0.05, 0.1) is 12.7 Å². The molecule has 2 aromatic carbocycles. The molecule has 5 heteroatoms. The second-order valence-electron chi connectivity index (χ2n) is 3.80. The summed E-state index contributed by atoms with van der Waals surface area (Å²) in [7, 11) is 1.32. The molecular formula is C14H12FNO2S. The van der Waals surface area contributed by atoms with E-state index in [0.717, 1.165) is 9.79 Å². The highest BCUT2D eigenvalue weighted by Gasteiger charge is 2.09. The Balaban J connectivity index is 2.28. The summed E-state index contributed by atoms with van der Waals surface area (Å²) in [5, 5.41) is 0.